The molecule has 1 aliphatic rings. The van der Waals surface area contributed by atoms with Crippen molar-refractivity contribution in [2.75, 3.05) is 9.91 Å². The van der Waals surface area contributed by atoms with Crippen LogP contribution in [0.25, 0.3) is 10.9 Å². The number of anilines is 2. The van der Waals surface area contributed by atoms with E-state index in [1.807, 2.05) is 58.6 Å². The van der Waals surface area contributed by atoms with Crippen molar-refractivity contribution in [3.8, 4) is 0 Å². The third kappa shape index (κ3) is 3.28. The molecule has 0 unspecified atom stereocenters. The predicted octanol–water partition coefficient (Wildman–Crippen LogP) is 5.66. The van der Waals surface area contributed by atoms with Crippen LogP contribution in [0.5, 0.6) is 0 Å². The number of hydrogen-bond acceptors (Lipinski definition) is 4. The Kier molecular flexibility index (Phi) is 4.79. The number of carbonyl (C=O) groups is 1. The standard InChI is InChI=1S/C26H24N4O/c1-3-19-13-15-20(16-14-19)29-25(18(2)31)28-30(21-9-5-4-6-10-21)26(29)23-17-27-24-12-8-7-11-22(23)24/h4-17,26-27H,3H2,1-2H3/t26-/m0/s1. The molecule has 5 nitrogen and oxygen atoms in total. The average molecular weight is 409 g/mol. The summed E-state index contributed by atoms with van der Waals surface area (Å²) in [5, 5.41) is 7.87. The number of amidine groups is 1. The van der Waals surface area contributed by atoms with Crippen molar-refractivity contribution in [3.05, 3.63) is 96.2 Å². The van der Waals surface area contributed by atoms with Crippen molar-refractivity contribution in [3.63, 3.8) is 0 Å². The van der Waals surface area contributed by atoms with Crippen molar-refractivity contribution >= 4 is 33.9 Å². The van der Waals surface area contributed by atoms with E-state index in [1.54, 1.807) is 6.92 Å². The lowest BCUT2D eigenvalue weighted by Gasteiger charge is -2.31. The second-order valence-corrected chi connectivity index (χ2v) is 7.71. The fourth-order valence-corrected chi connectivity index (χ4v) is 4.18. The Balaban J connectivity index is 1.72. The van der Waals surface area contributed by atoms with E-state index in [1.165, 1.54) is 5.56 Å². The monoisotopic (exact) mass is 408 g/mol. The van der Waals surface area contributed by atoms with Gasteiger partial charge in [0.05, 0.1) is 5.69 Å². The molecule has 0 radical (unpaired) electrons. The highest BCUT2D eigenvalue weighted by Gasteiger charge is 2.40. The molecule has 0 bridgehead atoms. The minimum absolute atomic E-state index is 0.0668. The van der Waals surface area contributed by atoms with Crippen molar-refractivity contribution in [2.24, 2.45) is 5.10 Å². The molecule has 4 aromatic rings. The van der Waals surface area contributed by atoms with Crippen LogP contribution in [-0.4, -0.2) is 16.6 Å². The predicted molar refractivity (Wildman–Crippen MR) is 126 cm³/mol. The lowest BCUT2D eigenvalue weighted by Crippen LogP contribution is -2.37. The van der Waals surface area contributed by atoms with E-state index in [4.69, 9.17) is 5.10 Å². The Morgan fingerprint density at radius 1 is 0.935 bits per heavy atom. The highest BCUT2D eigenvalue weighted by Crippen LogP contribution is 2.41. The molecule has 1 aromatic heterocycles. The molecule has 5 heteroatoms. The number of hydrogen-bond donors (Lipinski definition) is 1. The van der Waals surface area contributed by atoms with E-state index < -0.39 is 0 Å². The molecule has 1 aliphatic heterocycles. The summed E-state index contributed by atoms with van der Waals surface area (Å²) in [6.45, 7) is 3.71. The molecular weight excluding hydrogens is 384 g/mol. The molecule has 0 saturated carbocycles. The van der Waals surface area contributed by atoms with Crippen LogP contribution < -0.4 is 9.91 Å². The lowest BCUT2D eigenvalue weighted by atomic mass is 10.1. The lowest BCUT2D eigenvalue weighted by molar-refractivity contribution is -0.111. The van der Waals surface area contributed by atoms with Crippen molar-refractivity contribution in [1.29, 1.82) is 0 Å². The van der Waals surface area contributed by atoms with Gasteiger partial charge in [-0.15, -0.1) is 5.10 Å². The van der Waals surface area contributed by atoms with Gasteiger partial charge in [-0.3, -0.25) is 9.69 Å². The number of rotatable bonds is 5. The molecule has 0 spiro atoms. The first-order valence-corrected chi connectivity index (χ1v) is 10.6. The molecule has 2 heterocycles. The van der Waals surface area contributed by atoms with E-state index in [-0.39, 0.29) is 11.9 Å². The van der Waals surface area contributed by atoms with Crippen LogP contribution in [0.1, 0.15) is 31.1 Å². The third-order valence-electron chi connectivity index (χ3n) is 5.76. The number of hydrazone groups is 1. The van der Waals surface area contributed by atoms with E-state index in [9.17, 15) is 4.79 Å². The van der Waals surface area contributed by atoms with E-state index >= 15 is 0 Å². The largest absolute Gasteiger partial charge is 0.361 e. The fraction of sp³-hybridized carbons (Fsp3) is 0.154. The number of ketones is 1. The maximum absolute atomic E-state index is 12.7. The van der Waals surface area contributed by atoms with Gasteiger partial charge >= 0.3 is 0 Å². The number of Topliss-reactive ketones (excluding diaryl/α,β-unsaturated/α-hetero) is 1. The Hall–Kier alpha value is -3.86. The molecule has 3 aromatic carbocycles. The minimum atomic E-state index is -0.287. The number of nitrogens with zero attached hydrogens (tertiary/aromatic N) is 3. The summed E-state index contributed by atoms with van der Waals surface area (Å²) in [6.07, 6.45) is 2.71. The van der Waals surface area contributed by atoms with Crippen molar-refractivity contribution < 1.29 is 4.79 Å². The van der Waals surface area contributed by atoms with E-state index in [0.717, 1.165) is 34.3 Å². The maximum Gasteiger partial charge on any atom is 0.198 e. The SMILES string of the molecule is CCc1ccc(N2C(C(C)=O)=NN(c3ccccc3)[C@H]2c2c[nH]c3ccccc23)cc1. The summed E-state index contributed by atoms with van der Waals surface area (Å²) in [4.78, 5) is 18.1. The van der Waals surface area contributed by atoms with Gasteiger partial charge in [-0.1, -0.05) is 55.5 Å². The summed E-state index contributed by atoms with van der Waals surface area (Å²) in [7, 11) is 0. The summed E-state index contributed by atoms with van der Waals surface area (Å²) in [6, 6.07) is 26.6. The highest BCUT2D eigenvalue weighted by molar-refractivity contribution is 6.44. The van der Waals surface area contributed by atoms with Gasteiger partial charge in [0.15, 0.2) is 17.8 Å². The van der Waals surface area contributed by atoms with E-state index in [0.29, 0.717) is 5.84 Å². The number of fused-ring (bicyclic) bond motifs is 1. The molecule has 154 valence electrons. The molecule has 1 atom stereocenters. The fourth-order valence-electron chi connectivity index (χ4n) is 4.18. The van der Waals surface area contributed by atoms with Crippen LogP contribution in [0, 0.1) is 0 Å². The number of aromatic nitrogens is 1. The summed E-state index contributed by atoms with van der Waals surface area (Å²) in [5.74, 6) is 0.367. The zero-order valence-corrected chi connectivity index (χ0v) is 17.6. The van der Waals surface area contributed by atoms with Crippen LogP contribution in [0.2, 0.25) is 0 Å². The first-order chi connectivity index (χ1) is 15.2. The molecule has 0 fully saturated rings. The molecule has 0 amide bonds. The van der Waals surface area contributed by atoms with Crippen LogP contribution >= 0.6 is 0 Å². The van der Waals surface area contributed by atoms with Gasteiger partial charge in [0, 0.05) is 35.3 Å². The van der Waals surface area contributed by atoms with Crippen LogP contribution in [-0.2, 0) is 11.2 Å². The zero-order valence-electron chi connectivity index (χ0n) is 17.6. The van der Waals surface area contributed by atoms with Crippen LogP contribution in [0.4, 0.5) is 11.4 Å². The number of benzene rings is 3. The Labute approximate surface area is 181 Å². The smallest absolute Gasteiger partial charge is 0.198 e. The molecule has 0 saturated heterocycles. The zero-order chi connectivity index (χ0) is 21.4. The Bertz CT molecular complexity index is 1260. The number of para-hydroxylation sites is 2. The summed E-state index contributed by atoms with van der Waals surface area (Å²) < 4.78 is 0. The molecule has 5 rings (SSSR count). The van der Waals surface area contributed by atoms with Crippen LogP contribution in [0.15, 0.2) is 90.2 Å². The Morgan fingerprint density at radius 2 is 1.65 bits per heavy atom. The average Bonchev–Trinajstić information content (AvgIpc) is 3.41. The molecule has 1 N–H and O–H groups in total. The van der Waals surface area contributed by atoms with Gasteiger partial charge in [-0.05, 0) is 42.3 Å². The van der Waals surface area contributed by atoms with Gasteiger partial charge in [-0.25, -0.2) is 5.01 Å². The maximum atomic E-state index is 12.7. The van der Waals surface area contributed by atoms with Gasteiger partial charge < -0.3 is 4.98 Å². The molecular formula is C26H24N4O. The normalized spacial score (nSPS) is 16.1. The van der Waals surface area contributed by atoms with Crippen LogP contribution in [0.3, 0.4) is 0 Å². The number of nitrogens with one attached hydrogen (secondary N) is 1. The number of aryl methyl sites for hydroxylation is 1. The van der Waals surface area contributed by atoms with Gasteiger partial charge in [-0.2, -0.15) is 0 Å². The number of aromatic amines is 1. The van der Waals surface area contributed by atoms with E-state index in [2.05, 4.69) is 48.3 Å². The van der Waals surface area contributed by atoms with Gasteiger partial charge in [0.1, 0.15) is 0 Å². The molecule has 0 aliphatic carbocycles. The van der Waals surface area contributed by atoms with Crippen molar-refractivity contribution in [2.45, 2.75) is 26.4 Å². The van der Waals surface area contributed by atoms with Gasteiger partial charge in [0.25, 0.3) is 0 Å². The quantitative estimate of drug-likeness (QED) is 0.464. The first kappa shape index (κ1) is 19.1. The number of H-pyrrole nitrogens is 1. The highest BCUT2D eigenvalue weighted by atomic mass is 16.1. The second kappa shape index (κ2) is 7.76. The second-order valence-electron chi connectivity index (χ2n) is 7.71. The van der Waals surface area contributed by atoms with Gasteiger partial charge in [0.2, 0.25) is 0 Å². The number of carbonyl (C=O) groups excluding carboxylic acids is 1. The molecule has 31 heavy (non-hydrogen) atoms. The summed E-state index contributed by atoms with van der Waals surface area (Å²) >= 11 is 0. The van der Waals surface area contributed by atoms with Crippen molar-refractivity contribution in [1.82, 2.24) is 4.98 Å². The topological polar surface area (TPSA) is 51.7 Å². The summed E-state index contributed by atoms with van der Waals surface area (Å²) in [5.41, 5.74) is 5.26. The third-order valence-corrected chi connectivity index (χ3v) is 5.76. The first-order valence-electron chi connectivity index (χ1n) is 10.6. The minimum Gasteiger partial charge on any atom is -0.361 e. The Morgan fingerprint density at radius 3 is 2.35 bits per heavy atom.